The van der Waals surface area contributed by atoms with E-state index in [4.69, 9.17) is 12.2 Å². The van der Waals surface area contributed by atoms with Gasteiger partial charge in [-0.25, -0.2) is 0 Å². The van der Waals surface area contributed by atoms with Gasteiger partial charge in [0.1, 0.15) is 0 Å². The predicted molar refractivity (Wildman–Crippen MR) is 105 cm³/mol. The van der Waals surface area contributed by atoms with Crippen LogP contribution >= 0.6 is 12.2 Å². The molecule has 3 heteroatoms. The zero-order valence-electron chi connectivity index (χ0n) is 15.5. The number of thiocarbonyl (C=S) groups is 1. The van der Waals surface area contributed by atoms with E-state index in [9.17, 15) is 0 Å². The Balaban J connectivity index is 1.41. The zero-order chi connectivity index (χ0) is 16.6. The first-order valence-electron chi connectivity index (χ1n) is 10.7. The van der Waals surface area contributed by atoms with Crippen molar-refractivity contribution in [3.8, 4) is 0 Å². The molecule has 0 spiro atoms. The van der Waals surface area contributed by atoms with Gasteiger partial charge in [-0.1, -0.05) is 32.6 Å². The third-order valence-corrected chi connectivity index (χ3v) is 7.88. The Bertz CT molecular complexity index is 419. The van der Waals surface area contributed by atoms with Gasteiger partial charge < -0.3 is 10.6 Å². The van der Waals surface area contributed by atoms with Crippen LogP contribution in [0.3, 0.4) is 0 Å². The van der Waals surface area contributed by atoms with Crippen LogP contribution in [0.4, 0.5) is 0 Å². The second kappa shape index (κ2) is 7.13. The highest BCUT2D eigenvalue weighted by molar-refractivity contribution is 7.80. The third-order valence-electron chi connectivity index (χ3n) is 7.65. The van der Waals surface area contributed by atoms with Gasteiger partial charge in [0.2, 0.25) is 0 Å². The summed E-state index contributed by atoms with van der Waals surface area (Å²) in [5.41, 5.74) is 0.559. The molecular formula is C21H36N2S. The van der Waals surface area contributed by atoms with Crippen LogP contribution < -0.4 is 10.6 Å². The Morgan fingerprint density at radius 3 is 2.12 bits per heavy atom. The molecule has 0 radical (unpaired) electrons. The molecule has 24 heavy (non-hydrogen) atoms. The molecule has 0 amide bonds. The molecule has 0 heterocycles. The van der Waals surface area contributed by atoms with E-state index in [0.29, 0.717) is 17.5 Å². The summed E-state index contributed by atoms with van der Waals surface area (Å²) in [5, 5.41) is 8.46. The lowest BCUT2D eigenvalue weighted by Crippen LogP contribution is -2.58. The van der Waals surface area contributed by atoms with Crippen molar-refractivity contribution in [3.05, 3.63) is 0 Å². The summed E-state index contributed by atoms with van der Waals surface area (Å²) in [6.07, 6.45) is 18.3. The van der Waals surface area contributed by atoms with Crippen molar-refractivity contribution in [3.63, 3.8) is 0 Å². The lowest BCUT2D eigenvalue weighted by molar-refractivity contribution is -0.0720. The fourth-order valence-corrected chi connectivity index (χ4v) is 7.37. The molecule has 0 aromatic carbocycles. The third kappa shape index (κ3) is 3.48. The Morgan fingerprint density at radius 2 is 1.58 bits per heavy atom. The normalized spacial score (nSPS) is 39.6. The van der Waals surface area contributed by atoms with E-state index < -0.39 is 0 Å². The summed E-state index contributed by atoms with van der Waals surface area (Å²) < 4.78 is 0. The van der Waals surface area contributed by atoms with E-state index in [1.54, 1.807) is 0 Å². The van der Waals surface area contributed by atoms with E-state index >= 15 is 0 Å². The first-order valence-corrected chi connectivity index (χ1v) is 11.1. The van der Waals surface area contributed by atoms with Crippen molar-refractivity contribution in [2.75, 3.05) is 0 Å². The summed E-state index contributed by atoms with van der Waals surface area (Å²) in [7, 11) is 0. The van der Waals surface area contributed by atoms with Gasteiger partial charge in [-0.15, -0.1) is 0 Å². The van der Waals surface area contributed by atoms with Crippen LogP contribution in [0.5, 0.6) is 0 Å². The largest absolute Gasteiger partial charge is 0.360 e. The average molecular weight is 349 g/mol. The van der Waals surface area contributed by atoms with Gasteiger partial charge in [-0.2, -0.15) is 0 Å². The van der Waals surface area contributed by atoms with Crippen LogP contribution in [0.1, 0.15) is 90.4 Å². The minimum atomic E-state index is 0.559. The quantitative estimate of drug-likeness (QED) is 0.670. The Morgan fingerprint density at radius 1 is 1.00 bits per heavy atom. The number of nitrogens with one attached hydrogen (secondary N) is 2. The SMILES string of the molecule is CCCC(NC(=S)NC1CCCCC1)C12CC3CC(CC(C3)C1)C2. The first kappa shape index (κ1) is 17.1. The van der Waals surface area contributed by atoms with Crippen LogP contribution in [0.2, 0.25) is 0 Å². The smallest absolute Gasteiger partial charge is 0.166 e. The molecule has 1 atom stereocenters. The van der Waals surface area contributed by atoms with Gasteiger partial charge in [0.15, 0.2) is 5.11 Å². The maximum Gasteiger partial charge on any atom is 0.166 e. The number of rotatable bonds is 5. The van der Waals surface area contributed by atoms with Gasteiger partial charge in [0, 0.05) is 12.1 Å². The molecule has 2 nitrogen and oxygen atoms in total. The van der Waals surface area contributed by atoms with Crippen molar-refractivity contribution < 1.29 is 0 Å². The molecule has 136 valence electrons. The Kier molecular flexibility index (Phi) is 5.09. The van der Waals surface area contributed by atoms with Crippen molar-refractivity contribution >= 4 is 17.3 Å². The first-order chi connectivity index (χ1) is 11.7. The fraction of sp³-hybridized carbons (Fsp3) is 0.952. The van der Waals surface area contributed by atoms with Crippen LogP contribution in [0.25, 0.3) is 0 Å². The molecule has 0 aromatic rings. The summed E-state index contributed by atoms with van der Waals surface area (Å²) in [4.78, 5) is 0. The van der Waals surface area contributed by atoms with Crippen molar-refractivity contribution in [2.45, 2.75) is 102 Å². The van der Waals surface area contributed by atoms with E-state index in [1.807, 2.05) is 0 Å². The maximum absolute atomic E-state index is 5.76. The summed E-state index contributed by atoms with van der Waals surface area (Å²) in [6.45, 7) is 2.34. The van der Waals surface area contributed by atoms with E-state index in [2.05, 4.69) is 17.6 Å². The Labute approximate surface area is 153 Å². The summed E-state index contributed by atoms with van der Waals surface area (Å²) in [5.74, 6) is 3.08. The molecular weight excluding hydrogens is 312 g/mol. The van der Waals surface area contributed by atoms with Crippen molar-refractivity contribution in [1.82, 2.24) is 10.6 Å². The Hall–Kier alpha value is -0.310. The minimum absolute atomic E-state index is 0.559. The maximum atomic E-state index is 5.76. The summed E-state index contributed by atoms with van der Waals surface area (Å²) >= 11 is 5.76. The molecule has 4 bridgehead atoms. The molecule has 5 aliphatic rings. The number of hydrogen-bond donors (Lipinski definition) is 2. The van der Waals surface area contributed by atoms with E-state index in [0.717, 1.165) is 22.9 Å². The van der Waals surface area contributed by atoms with Gasteiger partial charge >= 0.3 is 0 Å². The lowest BCUT2D eigenvalue weighted by Gasteiger charge is -2.59. The molecule has 0 aliphatic heterocycles. The van der Waals surface area contributed by atoms with Crippen LogP contribution in [0.15, 0.2) is 0 Å². The summed E-state index contributed by atoms with van der Waals surface area (Å²) in [6, 6.07) is 1.23. The van der Waals surface area contributed by atoms with Gasteiger partial charge in [-0.3, -0.25) is 0 Å². The molecule has 2 N–H and O–H groups in total. The second-order valence-corrected chi connectivity index (χ2v) is 9.98. The predicted octanol–water partition coefficient (Wildman–Crippen LogP) is 5.17. The van der Waals surface area contributed by atoms with Crippen LogP contribution in [-0.4, -0.2) is 17.2 Å². The highest BCUT2D eigenvalue weighted by atomic mass is 32.1. The van der Waals surface area contributed by atoms with Crippen LogP contribution in [0, 0.1) is 23.2 Å². The van der Waals surface area contributed by atoms with Gasteiger partial charge in [0.25, 0.3) is 0 Å². The molecule has 0 aromatic heterocycles. The molecule has 5 aliphatic carbocycles. The molecule has 5 fully saturated rings. The molecule has 5 rings (SSSR count). The van der Waals surface area contributed by atoms with Crippen LogP contribution in [-0.2, 0) is 0 Å². The number of hydrogen-bond acceptors (Lipinski definition) is 1. The monoisotopic (exact) mass is 348 g/mol. The van der Waals surface area contributed by atoms with Gasteiger partial charge in [-0.05, 0) is 93.2 Å². The highest BCUT2D eigenvalue weighted by Crippen LogP contribution is 2.61. The highest BCUT2D eigenvalue weighted by Gasteiger charge is 2.54. The minimum Gasteiger partial charge on any atom is -0.360 e. The van der Waals surface area contributed by atoms with Gasteiger partial charge in [0.05, 0.1) is 0 Å². The lowest BCUT2D eigenvalue weighted by atomic mass is 9.47. The van der Waals surface area contributed by atoms with E-state index in [-0.39, 0.29) is 0 Å². The average Bonchev–Trinajstić information content (AvgIpc) is 2.54. The molecule has 5 saturated carbocycles. The molecule has 1 unspecified atom stereocenters. The van der Waals surface area contributed by atoms with Crippen molar-refractivity contribution in [1.29, 1.82) is 0 Å². The standard InChI is InChI=1S/C21H36N2S/c1-2-6-19(23-20(24)22-18-7-4-3-5-8-18)21-12-15-9-16(13-21)11-17(10-15)14-21/h15-19H,2-14H2,1H3,(H2,22,23,24). The second-order valence-electron chi connectivity index (χ2n) is 9.57. The van der Waals surface area contributed by atoms with E-state index in [1.165, 1.54) is 83.5 Å². The fourth-order valence-electron chi connectivity index (χ4n) is 7.06. The van der Waals surface area contributed by atoms with Crippen molar-refractivity contribution in [2.24, 2.45) is 23.2 Å². The topological polar surface area (TPSA) is 24.1 Å². The molecule has 0 saturated heterocycles. The zero-order valence-corrected chi connectivity index (χ0v) is 16.3.